The third-order valence-corrected chi connectivity index (χ3v) is 4.33. The molecule has 2 aromatic rings. The number of pyridine rings is 1. The number of hydrogen-bond donors (Lipinski definition) is 0. The topological polar surface area (TPSA) is 36.4 Å². The Balaban J connectivity index is 2.09. The van der Waals surface area contributed by atoms with E-state index in [2.05, 4.69) is 10.9 Å². The maximum absolute atomic E-state index is 12.8. The van der Waals surface area contributed by atoms with Gasteiger partial charge in [-0.1, -0.05) is 23.6 Å². The molecule has 26 heavy (non-hydrogen) atoms. The molecular weight excluding hydrogens is 367 g/mol. The molecule has 1 amide bonds. The van der Waals surface area contributed by atoms with Gasteiger partial charge in [0.15, 0.2) is 0 Å². The minimum absolute atomic E-state index is 0.0945. The smallest absolute Gasteiger partial charge is 0.364 e. The molecule has 0 unspecified atom stereocenters. The summed E-state index contributed by atoms with van der Waals surface area (Å²) >= 11 is 6.02. The van der Waals surface area contributed by atoms with Crippen LogP contribution in [0, 0.1) is 12.3 Å². The van der Waals surface area contributed by atoms with Crippen molar-refractivity contribution in [2.45, 2.75) is 6.18 Å². The Bertz CT molecular complexity index is 921. The van der Waals surface area contributed by atoms with Crippen LogP contribution in [0.2, 0.25) is 5.02 Å². The van der Waals surface area contributed by atoms with E-state index in [1.165, 1.54) is 4.90 Å². The molecule has 1 aliphatic heterocycles. The molecule has 0 fully saturated rings. The fraction of sp³-hybridized carbons (Fsp3) is 0.222. The largest absolute Gasteiger partial charge is 0.417 e. The number of carbonyl (C=O) groups excluding carboxylic acids is 1. The van der Waals surface area contributed by atoms with Crippen molar-refractivity contribution in [2.24, 2.45) is 0 Å². The molecule has 0 atom stereocenters. The molecule has 0 N–H and O–H groups in total. The number of likely N-dealkylation sites (N-methyl/N-ethyl adjacent to an activating group) is 1. The molecule has 2 heterocycles. The quantitative estimate of drug-likeness (QED) is 0.744. The lowest BCUT2D eigenvalue weighted by Crippen LogP contribution is -2.44. The molecule has 0 spiro atoms. The number of nitrogens with zero attached hydrogens (tertiary/aromatic N) is 3. The SMILES string of the molecule is C#CCN1C(=O)CN(C)c2ccc(-c3ncc(C(F)(F)F)cc3Cl)cc21. The van der Waals surface area contributed by atoms with Crippen molar-refractivity contribution >= 4 is 28.9 Å². The van der Waals surface area contributed by atoms with Gasteiger partial charge in [-0.25, -0.2) is 0 Å². The highest BCUT2D eigenvalue weighted by molar-refractivity contribution is 6.33. The molecular formula is C18H13ClF3N3O. The first kappa shape index (κ1) is 18.1. The predicted molar refractivity (Wildman–Crippen MR) is 94.1 cm³/mol. The van der Waals surface area contributed by atoms with Gasteiger partial charge in [0, 0.05) is 18.8 Å². The fourth-order valence-corrected chi connectivity index (χ4v) is 3.06. The van der Waals surface area contributed by atoms with Crippen molar-refractivity contribution in [3.63, 3.8) is 0 Å². The third-order valence-electron chi connectivity index (χ3n) is 4.04. The number of alkyl halides is 3. The van der Waals surface area contributed by atoms with Crippen molar-refractivity contribution in [1.29, 1.82) is 0 Å². The van der Waals surface area contributed by atoms with Crippen LogP contribution in [-0.4, -0.2) is 31.0 Å². The number of anilines is 2. The van der Waals surface area contributed by atoms with Crippen molar-refractivity contribution in [2.75, 3.05) is 29.9 Å². The zero-order valence-corrected chi connectivity index (χ0v) is 14.4. The standard InChI is InChI=1S/C18H13ClF3N3O/c1-3-6-25-15-7-11(4-5-14(15)24(2)10-16(25)26)17-13(19)8-12(9-23-17)18(20,21)22/h1,4-5,7-9H,6,10H2,2H3. The number of aromatic nitrogens is 1. The average molecular weight is 380 g/mol. The summed E-state index contributed by atoms with van der Waals surface area (Å²) in [4.78, 5) is 19.3. The summed E-state index contributed by atoms with van der Waals surface area (Å²) in [5, 5.41) is -0.126. The number of amides is 1. The van der Waals surface area contributed by atoms with Gasteiger partial charge < -0.3 is 4.90 Å². The monoisotopic (exact) mass is 379 g/mol. The Kier molecular flexibility index (Phi) is 4.55. The highest BCUT2D eigenvalue weighted by Gasteiger charge is 2.32. The van der Waals surface area contributed by atoms with E-state index < -0.39 is 11.7 Å². The van der Waals surface area contributed by atoms with Crippen LogP contribution < -0.4 is 9.80 Å². The van der Waals surface area contributed by atoms with Crippen LogP contribution in [0.5, 0.6) is 0 Å². The highest BCUT2D eigenvalue weighted by Crippen LogP contribution is 2.39. The number of benzene rings is 1. The van der Waals surface area contributed by atoms with E-state index in [1.807, 2.05) is 0 Å². The third kappa shape index (κ3) is 3.20. The Hall–Kier alpha value is -2.72. The van der Waals surface area contributed by atoms with Gasteiger partial charge in [-0.2, -0.15) is 13.2 Å². The first-order chi connectivity index (χ1) is 12.2. The minimum atomic E-state index is -4.52. The van der Waals surface area contributed by atoms with Gasteiger partial charge in [-0.3, -0.25) is 14.7 Å². The number of terminal acetylenes is 1. The van der Waals surface area contributed by atoms with Crippen molar-refractivity contribution in [1.82, 2.24) is 4.98 Å². The number of halogens is 4. The number of fused-ring (bicyclic) bond motifs is 1. The lowest BCUT2D eigenvalue weighted by atomic mass is 10.1. The molecule has 0 saturated carbocycles. The van der Waals surface area contributed by atoms with E-state index in [4.69, 9.17) is 18.0 Å². The molecule has 3 rings (SSSR count). The van der Waals surface area contributed by atoms with Crippen LogP contribution in [0.3, 0.4) is 0 Å². The summed E-state index contributed by atoms with van der Waals surface area (Å²) in [5.74, 6) is 2.27. The average Bonchev–Trinajstić information content (AvgIpc) is 2.57. The molecule has 134 valence electrons. The second kappa shape index (κ2) is 6.54. The van der Waals surface area contributed by atoms with Gasteiger partial charge >= 0.3 is 6.18 Å². The van der Waals surface area contributed by atoms with Crippen molar-refractivity contribution in [3.8, 4) is 23.6 Å². The van der Waals surface area contributed by atoms with Crippen LogP contribution in [0.15, 0.2) is 30.5 Å². The molecule has 1 aromatic heterocycles. The second-order valence-corrected chi connectivity index (χ2v) is 6.20. The van der Waals surface area contributed by atoms with Gasteiger partial charge in [-0.15, -0.1) is 6.42 Å². The molecule has 0 aliphatic carbocycles. The van der Waals surface area contributed by atoms with Crippen LogP contribution in [-0.2, 0) is 11.0 Å². The second-order valence-electron chi connectivity index (χ2n) is 5.80. The lowest BCUT2D eigenvalue weighted by molar-refractivity contribution is -0.137. The molecule has 1 aromatic carbocycles. The van der Waals surface area contributed by atoms with Crippen LogP contribution in [0.4, 0.5) is 24.5 Å². The van der Waals surface area contributed by atoms with Gasteiger partial charge in [0.2, 0.25) is 5.91 Å². The Morgan fingerprint density at radius 1 is 1.31 bits per heavy atom. The molecule has 8 heteroatoms. The van der Waals surface area contributed by atoms with E-state index in [1.54, 1.807) is 30.1 Å². The number of carbonyl (C=O) groups is 1. The minimum Gasteiger partial charge on any atom is -0.364 e. The maximum atomic E-state index is 12.8. The van der Waals surface area contributed by atoms with Gasteiger partial charge in [-0.05, 0) is 18.2 Å². The normalized spacial score (nSPS) is 14.2. The van der Waals surface area contributed by atoms with Crippen LogP contribution in [0.25, 0.3) is 11.3 Å². The van der Waals surface area contributed by atoms with Crippen molar-refractivity contribution in [3.05, 3.63) is 41.0 Å². The summed E-state index contributed by atoms with van der Waals surface area (Å²) in [6.07, 6.45) is 1.56. The van der Waals surface area contributed by atoms with E-state index in [0.717, 1.165) is 18.0 Å². The summed E-state index contributed by atoms with van der Waals surface area (Å²) < 4.78 is 38.3. The van der Waals surface area contributed by atoms with E-state index in [0.29, 0.717) is 11.3 Å². The molecule has 0 radical (unpaired) electrons. The predicted octanol–water partition coefficient (Wildman–Crippen LogP) is 3.84. The highest BCUT2D eigenvalue weighted by atomic mass is 35.5. The number of hydrogen-bond acceptors (Lipinski definition) is 3. The van der Waals surface area contributed by atoms with Crippen LogP contribution >= 0.6 is 11.6 Å². The van der Waals surface area contributed by atoms with E-state index in [9.17, 15) is 18.0 Å². The van der Waals surface area contributed by atoms with Gasteiger partial charge in [0.25, 0.3) is 0 Å². The molecule has 4 nitrogen and oxygen atoms in total. The van der Waals surface area contributed by atoms with E-state index >= 15 is 0 Å². The van der Waals surface area contributed by atoms with Gasteiger partial charge in [0.05, 0.1) is 40.7 Å². The maximum Gasteiger partial charge on any atom is 0.417 e. The number of rotatable bonds is 2. The zero-order valence-electron chi connectivity index (χ0n) is 13.6. The van der Waals surface area contributed by atoms with Crippen molar-refractivity contribution < 1.29 is 18.0 Å². The summed E-state index contributed by atoms with van der Waals surface area (Å²) in [6.45, 7) is 0.282. The summed E-state index contributed by atoms with van der Waals surface area (Å²) in [5.41, 5.74) is 1.12. The summed E-state index contributed by atoms with van der Waals surface area (Å²) in [6, 6.07) is 5.94. The Morgan fingerprint density at radius 3 is 2.65 bits per heavy atom. The summed E-state index contributed by atoms with van der Waals surface area (Å²) in [7, 11) is 1.77. The van der Waals surface area contributed by atoms with E-state index in [-0.39, 0.29) is 29.7 Å². The zero-order chi connectivity index (χ0) is 19.1. The lowest BCUT2D eigenvalue weighted by Gasteiger charge is -2.34. The van der Waals surface area contributed by atoms with Crippen LogP contribution in [0.1, 0.15) is 5.56 Å². The fourth-order valence-electron chi connectivity index (χ4n) is 2.79. The Morgan fingerprint density at radius 2 is 2.04 bits per heavy atom. The first-order valence-electron chi connectivity index (χ1n) is 7.54. The Labute approximate surface area is 153 Å². The molecule has 1 aliphatic rings. The molecule has 0 saturated heterocycles. The molecule has 0 bridgehead atoms. The van der Waals surface area contributed by atoms with Gasteiger partial charge in [0.1, 0.15) is 0 Å². The first-order valence-corrected chi connectivity index (χ1v) is 7.92.